The van der Waals surface area contributed by atoms with Gasteiger partial charge in [0, 0.05) is 28.8 Å². The number of fused-ring (bicyclic) bond motifs is 1. The zero-order valence-electron chi connectivity index (χ0n) is 19.1. The summed E-state index contributed by atoms with van der Waals surface area (Å²) < 4.78 is 6.93. The van der Waals surface area contributed by atoms with E-state index < -0.39 is 29.2 Å². The Labute approximate surface area is 216 Å². The van der Waals surface area contributed by atoms with Gasteiger partial charge in [-0.3, -0.25) is 14.5 Å². The number of aromatic nitrogens is 4. The summed E-state index contributed by atoms with van der Waals surface area (Å²) in [6, 6.07) is 2.54. The van der Waals surface area contributed by atoms with Crippen molar-refractivity contribution < 1.29 is 33.3 Å². The average molecular weight is 543 g/mol. The standard InChI is InChI=1S/C21H18N8O6S2/c1-34-27-13(12-8-37-21(22)24-12)16(30)25-14-18(31)29-15(20(32)33)11(7-36-19(14)29)6-28-4-2-10(3-5-28)17-26-23-9-35-17/h2-5,8-9,14,19H,6-7H2,1H3,(H3-,22,24,25,30,32,33)/b27-13-/t14-,19+/m1/s1. The Morgan fingerprint density at radius 2 is 2.19 bits per heavy atom. The molecule has 0 unspecified atom stereocenters. The highest BCUT2D eigenvalue weighted by atomic mass is 32.2. The Morgan fingerprint density at radius 3 is 2.81 bits per heavy atom. The van der Waals surface area contributed by atoms with Crippen molar-refractivity contribution in [3.05, 3.63) is 53.3 Å². The van der Waals surface area contributed by atoms with Crippen LogP contribution in [-0.4, -0.2) is 67.9 Å². The average Bonchev–Trinajstić information content (AvgIpc) is 3.58. The van der Waals surface area contributed by atoms with Crippen LogP contribution < -0.4 is 20.7 Å². The fourth-order valence-corrected chi connectivity index (χ4v) is 5.80. The molecule has 0 aromatic carbocycles. The molecule has 3 aromatic heterocycles. The van der Waals surface area contributed by atoms with E-state index in [9.17, 15) is 19.5 Å². The molecule has 0 radical (unpaired) electrons. The highest BCUT2D eigenvalue weighted by Crippen LogP contribution is 2.40. The number of carboxylic acid groups (broad SMARTS) is 1. The summed E-state index contributed by atoms with van der Waals surface area (Å²) >= 11 is 2.45. The second-order valence-electron chi connectivity index (χ2n) is 7.80. The Kier molecular flexibility index (Phi) is 6.58. The maximum absolute atomic E-state index is 13.0. The number of carbonyl (C=O) groups is 3. The van der Waals surface area contributed by atoms with Crippen molar-refractivity contribution in [1.29, 1.82) is 0 Å². The zero-order chi connectivity index (χ0) is 26.1. The number of carboxylic acids is 1. The number of thiazole rings is 1. The molecule has 2 atom stereocenters. The summed E-state index contributed by atoms with van der Waals surface area (Å²) in [6.45, 7) is 0.212. The van der Waals surface area contributed by atoms with Crippen molar-refractivity contribution in [2.24, 2.45) is 5.16 Å². The van der Waals surface area contributed by atoms with Crippen molar-refractivity contribution in [1.82, 2.24) is 25.4 Å². The van der Waals surface area contributed by atoms with Gasteiger partial charge >= 0.3 is 0 Å². The largest absolute Gasteiger partial charge is 0.543 e. The lowest BCUT2D eigenvalue weighted by atomic mass is 10.0. The van der Waals surface area contributed by atoms with Crippen LogP contribution in [0, 0.1) is 0 Å². The lowest BCUT2D eigenvalue weighted by Crippen LogP contribution is -2.71. The van der Waals surface area contributed by atoms with Gasteiger partial charge in [0.05, 0.1) is 17.2 Å². The number of hydrogen-bond acceptors (Lipinski definition) is 13. The van der Waals surface area contributed by atoms with Gasteiger partial charge in [0.25, 0.3) is 11.8 Å². The number of amides is 2. The maximum Gasteiger partial charge on any atom is 0.276 e. The van der Waals surface area contributed by atoms with Crippen molar-refractivity contribution in [2.75, 3.05) is 18.6 Å². The van der Waals surface area contributed by atoms with E-state index in [1.165, 1.54) is 30.6 Å². The van der Waals surface area contributed by atoms with E-state index in [1.807, 2.05) is 0 Å². The minimum absolute atomic E-state index is 0.153. The minimum atomic E-state index is -1.47. The molecule has 2 aliphatic heterocycles. The van der Waals surface area contributed by atoms with Crippen LogP contribution in [-0.2, 0) is 25.8 Å². The molecule has 190 valence electrons. The van der Waals surface area contributed by atoms with E-state index >= 15 is 0 Å². The molecular weight excluding hydrogens is 524 g/mol. The number of oxime groups is 1. The van der Waals surface area contributed by atoms with Crippen LogP contribution in [0.2, 0.25) is 0 Å². The number of nitrogens with zero attached hydrogens (tertiary/aromatic N) is 6. The SMILES string of the molecule is CO/N=C(\C(=O)N[C@@H]1C(=O)N2C(C(=O)[O-])=C(C[n+]3ccc(-c4nnco4)cc3)CS[C@@H]12)c1csc(N)n1. The van der Waals surface area contributed by atoms with Gasteiger partial charge < -0.3 is 30.2 Å². The molecule has 3 aromatic rings. The maximum atomic E-state index is 13.0. The molecule has 1 saturated heterocycles. The number of nitrogens with two attached hydrogens (primary N) is 1. The van der Waals surface area contributed by atoms with Gasteiger partial charge in [0.15, 0.2) is 29.8 Å². The third-order valence-corrected chi connectivity index (χ3v) is 7.57. The van der Waals surface area contributed by atoms with Crippen molar-refractivity contribution in [3.8, 4) is 11.5 Å². The molecule has 2 aliphatic rings. The van der Waals surface area contributed by atoms with E-state index in [0.717, 1.165) is 16.2 Å². The molecule has 5 heterocycles. The van der Waals surface area contributed by atoms with Gasteiger partial charge in [-0.25, -0.2) is 9.55 Å². The molecule has 5 rings (SSSR count). The van der Waals surface area contributed by atoms with E-state index in [-0.39, 0.29) is 28.8 Å². The first-order valence-corrected chi connectivity index (χ1v) is 12.6. The van der Waals surface area contributed by atoms with Gasteiger partial charge in [-0.15, -0.1) is 33.3 Å². The Bertz CT molecular complexity index is 1420. The summed E-state index contributed by atoms with van der Waals surface area (Å²) in [5, 5.41) is 27.0. The molecule has 16 heteroatoms. The van der Waals surface area contributed by atoms with Crippen LogP contribution in [0.4, 0.5) is 5.13 Å². The Balaban J connectivity index is 1.32. The first-order valence-electron chi connectivity index (χ1n) is 10.6. The van der Waals surface area contributed by atoms with Crippen molar-refractivity contribution in [2.45, 2.75) is 18.0 Å². The lowest BCUT2D eigenvalue weighted by molar-refractivity contribution is -0.689. The minimum Gasteiger partial charge on any atom is -0.543 e. The molecule has 2 amide bonds. The highest BCUT2D eigenvalue weighted by Gasteiger charge is 2.53. The summed E-state index contributed by atoms with van der Waals surface area (Å²) in [5.74, 6) is -2.08. The van der Waals surface area contributed by atoms with E-state index in [2.05, 4.69) is 25.7 Å². The summed E-state index contributed by atoms with van der Waals surface area (Å²) in [5.41, 5.74) is 6.68. The second-order valence-corrected chi connectivity index (χ2v) is 9.79. The fraction of sp³-hybridized carbons (Fsp3) is 0.238. The summed E-state index contributed by atoms with van der Waals surface area (Å²) in [6.07, 6.45) is 4.70. The highest BCUT2D eigenvalue weighted by molar-refractivity contribution is 8.00. The number of anilines is 1. The second kappa shape index (κ2) is 9.98. The quantitative estimate of drug-likeness (QED) is 0.146. The number of nitrogens with one attached hydrogen (secondary N) is 1. The van der Waals surface area contributed by atoms with E-state index in [4.69, 9.17) is 15.0 Å². The van der Waals surface area contributed by atoms with E-state index in [1.54, 1.807) is 29.1 Å². The van der Waals surface area contributed by atoms with Crippen LogP contribution in [0.1, 0.15) is 5.69 Å². The number of nitrogen functional groups attached to an aromatic ring is 1. The third-order valence-electron chi connectivity index (χ3n) is 5.56. The molecule has 37 heavy (non-hydrogen) atoms. The predicted molar refractivity (Wildman–Crippen MR) is 127 cm³/mol. The summed E-state index contributed by atoms with van der Waals surface area (Å²) in [7, 11) is 1.27. The molecule has 3 N–H and O–H groups in total. The van der Waals surface area contributed by atoms with Crippen molar-refractivity contribution in [3.63, 3.8) is 0 Å². The lowest BCUT2D eigenvalue weighted by Gasteiger charge is -2.50. The first-order chi connectivity index (χ1) is 17.9. The number of rotatable bonds is 8. The van der Waals surface area contributed by atoms with Crippen LogP contribution in [0.25, 0.3) is 11.5 Å². The van der Waals surface area contributed by atoms with Gasteiger partial charge in [-0.05, 0) is 0 Å². The normalized spacial score (nSPS) is 19.3. The van der Waals surface area contributed by atoms with Gasteiger partial charge in [-0.2, -0.15) is 0 Å². The van der Waals surface area contributed by atoms with Crippen molar-refractivity contribution >= 4 is 51.7 Å². The molecule has 0 aliphatic carbocycles. The molecule has 0 spiro atoms. The number of hydrogen-bond donors (Lipinski definition) is 2. The van der Waals surface area contributed by atoms with Crippen LogP contribution in [0.3, 0.4) is 0 Å². The third kappa shape index (κ3) is 4.63. The van der Waals surface area contributed by atoms with E-state index in [0.29, 0.717) is 22.8 Å². The number of thioether (sulfide) groups is 1. The van der Waals surface area contributed by atoms with Gasteiger partial charge in [0.2, 0.25) is 12.3 Å². The predicted octanol–water partition coefficient (Wildman–Crippen LogP) is -1.48. The smallest absolute Gasteiger partial charge is 0.276 e. The van der Waals surface area contributed by atoms with Crippen LogP contribution >= 0.6 is 23.1 Å². The number of carbonyl (C=O) groups excluding carboxylic acids is 3. The molecule has 0 bridgehead atoms. The van der Waals surface area contributed by atoms with Crippen LogP contribution in [0.15, 0.2) is 57.1 Å². The van der Waals surface area contributed by atoms with Crippen LogP contribution in [0.5, 0.6) is 0 Å². The number of β-lactam (4-membered cyclic amide) rings is 1. The monoisotopic (exact) mass is 542 g/mol. The summed E-state index contributed by atoms with van der Waals surface area (Å²) in [4.78, 5) is 47.8. The van der Waals surface area contributed by atoms with Gasteiger partial charge in [-0.1, -0.05) is 5.16 Å². The molecule has 14 nitrogen and oxygen atoms in total. The van der Waals surface area contributed by atoms with Gasteiger partial charge in [0.1, 0.15) is 24.2 Å². The number of pyridine rings is 1. The Morgan fingerprint density at radius 1 is 1.41 bits per heavy atom. The first kappa shape index (κ1) is 24.4. The zero-order valence-corrected chi connectivity index (χ0v) is 20.7. The number of aliphatic carboxylic acids is 1. The molecular formula is C21H18N8O6S2. The fourth-order valence-electron chi connectivity index (χ4n) is 3.92. The molecule has 0 saturated carbocycles. The Hall–Kier alpha value is -4.31. The molecule has 1 fully saturated rings. The topological polar surface area (TPSA) is 193 Å².